The van der Waals surface area contributed by atoms with Gasteiger partial charge in [0.1, 0.15) is 0 Å². The van der Waals surface area contributed by atoms with E-state index >= 15 is 0 Å². The van der Waals surface area contributed by atoms with E-state index in [2.05, 4.69) is 82.0 Å². The third-order valence-corrected chi connectivity index (χ3v) is 18.3. The number of carbonyl (C=O) groups excluding carboxylic acids is 3. The van der Waals surface area contributed by atoms with Crippen molar-refractivity contribution in [2.75, 3.05) is 21.3 Å². The zero-order valence-corrected chi connectivity index (χ0v) is 57.2. The fourth-order valence-electron chi connectivity index (χ4n) is 7.83. The summed E-state index contributed by atoms with van der Waals surface area (Å²) in [6, 6.07) is 63.5. The molecule has 4 N–H and O–H groups in total. The average molecular weight is 1400 g/mol. The summed E-state index contributed by atoms with van der Waals surface area (Å²) in [4.78, 5) is 82.1. The molecule has 5 aromatic carbocycles. The van der Waals surface area contributed by atoms with Crippen molar-refractivity contribution in [2.45, 2.75) is 46.9 Å². The van der Waals surface area contributed by atoms with E-state index in [1.165, 1.54) is 25.0 Å². The number of carboxylic acid groups (broad SMARTS) is 2. The van der Waals surface area contributed by atoms with Crippen LogP contribution in [0, 0.1) is 0 Å². The van der Waals surface area contributed by atoms with Crippen LogP contribution in [0.1, 0.15) is 29.2 Å². The van der Waals surface area contributed by atoms with Crippen molar-refractivity contribution >= 4 is 67.9 Å². The van der Waals surface area contributed by atoms with E-state index in [0.29, 0.717) is 19.3 Å². The number of hydrogen-bond acceptors (Lipinski definition) is 15. The second-order valence-electron chi connectivity index (χ2n) is 20.2. The molecule has 0 aliphatic rings. The van der Waals surface area contributed by atoms with Gasteiger partial charge in [-0.3, -0.25) is 43.9 Å². The first kappa shape index (κ1) is 81.6. The Labute approximate surface area is 575 Å². The van der Waals surface area contributed by atoms with Gasteiger partial charge in [-0.2, -0.15) is 0 Å². The Morgan fingerprint density at radius 1 is 0.380 bits per heavy atom. The molecule has 0 aliphatic carbocycles. The van der Waals surface area contributed by atoms with Crippen LogP contribution in [-0.2, 0) is 70.3 Å². The zero-order chi connectivity index (χ0) is 63.5. The van der Waals surface area contributed by atoms with Gasteiger partial charge >= 0.3 is 134 Å². The standard InChI is InChI=1S/2C14H13NO2.2C13H11NO2.C9H9BrO2.C5H4N.3CH3.2Li.2H2O.Sn.H2/c1-17-14(16)9-11-4-6-12(7-5-11)13-3-2-8-15-10-13;1-17-14(16)10-11-5-7-12(8-6-11)13-4-2-3-9-15-13;15-13(16)8-10-3-5-11(6-4-10)12-2-1-7-14-9-12;15-13(16)9-10-4-6-11(7-5-10)12-3-1-2-8-14-12;1-12-9(11)6-7-2-4-8(10)5-3-7;1-2-4-6-5-3-1;;;;;;;;;/h2-8,10H,9H2,1H3;2-9H,10H2,1H3;1-7,9H,8H2,(H,15,16);1-8H,9H2,(H,15,16);2-5H,6H2,1H3;1-4H;3*1H3;;;2*1H2;;1H/q;;;;;;;;;2*+1;;;;/p-2/i;;;;;;;;;;;;;;1+1. The fourth-order valence-corrected chi connectivity index (χ4v) is 11.1. The number of aromatic nitrogens is 5. The number of halogens is 1. The molecule has 0 atom stereocenters. The molecule has 0 radical (unpaired) electrons. The Kier molecular flexibility index (Phi) is 39.9. The number of nitrogens with zero attached hydrogens (tertiary/aromatic N) is 5. The number of rotatable bonds is 15. The smallest absolute Gasteiger partial charge is 0.870 e. The summed E-state index contributed by atoms with van der Waals surface area (Å²) in [6.07, 6.45) is 13.5. The van der Waals surface area contributed by atoms with Crippen molar-refractivity contribution in [3.05, 3.63) is 276 Å². The van der Waals surface area contributed by atoms with E-state index in [4.69, 9.17) is 10.2 Å². The van der Waals surface area contributed by atoms with Gasteiger partial charge in [0.2, 0.25) is 0 Å². The van der Waals surface area contributed by atoms with Crippen molar-refractivity contribution in [3.63, 3.8) is 0 Å². The van der Waals surface area contributed by atoms with Crippen LogP contribution < -0.4 is 41.4 Å². The van der Waals surface area contributed by atoms with Crippen molar-refractivity contribution in [2.24, 2.45) is 0 Å². The number of hydrogen-bond donors (Lipinski definition) is 2. The van der Waals surface area contributed by atoms with Crippen molar-refractivity contribution < 1.29 is 98.5 Å². The van der Waals surface area contributed by atoms with E-state index in [1.807, 2.05) is 200 Å². The van der Waals surface area contributed by atoms with Gasteiger partial charge in [-0.05, 0) is 98.6 Å². The van der Waals surface area contributed by atoms with Crippen molar-refractivity contribution in [1.29, 1.82) is 0 Å². The average Bonchev–Trinajstić information content (AvgIpc) is 2.44. The van der Waals surface area contributed by atoms with Crippen LogP contribution in [0.4, 0.5) is 0 Å². The predicted octanol–water partition coefficient (Wildman–Crippen LogP) is 7.37. The largest absolute Gasteiger partial charge is 1.00 e. The minimum atomic E-state index is -1.82. The third-order valence-electron chi connectivity index (χ3n) is 12.5. The summed E-state index contributed by atoms with van der Waals surface area (Å²) >= 11 is 1.49. The van der Waals surface area contributed by atoms with Gasteiger partial charge < -0.3 is 35.4 Å². The Morgan fingerprint density at radius 2 is 0.685 bits per heavy atom. The third kappa shape index (κ3) is 31.6. The molecule has 468 valence electrons. The molecule has 5 aromatic heterocycles. The molecule has 17 nitrogen and oxygen atoms in total. The molecule has 92 heavy (non-hydrogen) atoms. The number of benzene rings is 5. The number of methoxy groups -OCH3 is 3. The molecule has 21 heteroatoms. The molecule has 10 rings (SSSR count). The number of pyridine rings is 5. The van der Waals surface area contributed by atoms with Gasteiger partial charge in [0.05, 0.1) is 64.8 Å². The molecule has 0 fully saturated rings. The second kappa shape index (κ2) is 45.0. The SMILES string of the molecule is COC(=O)Cc1ccc(-c2ccccn2)cc1.COC(=O)Cc1ccc(-c2cccnc2)cc1.COC(=O)Cc1ccc(Br)cc1.O=C(O)Cc1ccc(-c2ccccn2)cc1.O=C(O)Cc1ccc(-c2cccnc2)cc1.[2HH].[CH3][Sn]([CH3])([CH3])[c]1ccccn1.[Li+].[Li+].[OH-].[OH-]. The van der Waals surface area contributed by atoms with E-state index in [1.54, 1.807) is 31.0 Å². The maximum Gasteiger partial charge on any atom is 1.00 e. The van der Waals surface area contributed by atoms with Crippen LogP contribution in [0.25, 0.3) is 44.8 Å². The molecule has 0 unspecified atom stereocenters. The molecule has 0 bridgehead atoms. The summed E-state index contributed by atoms with van der Waals surface area (Å²) in [7, 11) is 4.18. The minimum Gasteiger partial charge on any atom is -0.870 e. The molecule has 0 spiro atoms. The van der Waals surface area contributed by atoms with Gasteiger partial charge in [0.25, 0.3) is 0 Å². The Bertz CT molecular complexity index is 3500. The Balaban J connectivity index is 0.00000109. The van der Waals surface area contributed by atoms with Crippen LogP contribution in [0.15, 0.2) is 248 Å². The second-order valence-corrected chi connectivity index (χ2v) is 35.4. The summed E-state index contributed by atoms with van der Waals surface area (Å²) in [6.45, 7) is 0. The molecule has 10 aromatic rings. The van der Waals surface area contributed by atoms with Crippen molar-refractivity contribution in [3.8, 4) is 44.8 Å². The molecule has 0 saturated carbocycles. The van der Waals surface area contributed by atoms with Gasteiger partial charge in [-0.25, -0.2) is 0 Å². The Hall–Kier alpha value is -8.41. The van der Waals surface area contributed by atoms with E-state index in [0.717, 1.165) is 77.1 Å². The maximum absolute atomic E-state index is 11.1. The Morgan fingerprint density at radius 3 is 0.935 bits per heavy atom. The molecule has 0 amide bonds. The van der Waals surface area contributed by atoms with E-state index in [-0.39, 0.29) is 80.8 Å². The monoisotopic (exact) mass is 1400 g/mol. The summed E-state index contributed by atoms with van der Waals surface area (Å²) < 4.78 is 16.1. The quantitative estimate of drug-likeness (QED) is 0.0575. The fraction of sp³-hybridized carbons (Fsp3) is 0.155. The van der Waals surface area contributed by atoms with Gasteiger partial charge in [0, 0.05) is 54.2 Å². The van der Waals surface area contributed by atoms with Crippen LogP contribution in [-0.4, -0.2) is 116 Å². The number of esters is 3. The molecular formula is C71H74BrLi2N5O12Sn. The number of ether oxygens (including phenoxy) is 3. The number of carboxylic acids is 2. The first-order valence-corrected chi connectivity index (χ1v) is 38.5. The molecule has 0 saturated heterocycles. The van der Waals surface area contributed by atoms with Crippen LogP contribution >= 0.6 is 15.9 Å². The first-order valence-electron chi connectivity index (χ1n) is 27.7. The minimum absolute atomic E-state index is 0. The molecule has 0 aliphatic heterocycles. The van der Waals surface area contributed by atoms with Crippen molar-refractivity contribution in [1.82, 2.24) is 24.9 Å². The van der Waals surface area contributed by atoms with Crippen LogP contribution in [0.2, 0.25) is 14.8 Å². The summed E-state index contributed by atoms with van der Waals surface area (Å²) in [5.74, 6) is -2.29. The number of carbonyl (C=O) groups is 5. The summed E-state index contributed by atoms with van der Waals surface area (Å²) in [5, 5.41) is 17.3. The summed E-state index contributed by atoms with van der Waals surface area (Å²) in [5.41, 5.74) is 12.5. The van der Waals surface area contributed by atoms with E-state index < -0.39 is 30.3 Å². The van der Waals surface area contributed by atoms with Gasteiger partial charge in [-0.15, -0.1) is 0 Å². The first-order chi connectivity index (χ1) is 42.4. The maximum atomic E-state index is 11.1. The van der Waals surface area contributed by atoms with Gasteiger partial charge in [-0.1, -0.05) is 149 Å². The zero-order valence-electron chi connectivity index (χ0n) is 52.8. The topological polar surface area (TPSA) is 278 Å². The van der Waals surface area contributed by atoms with Gasteiger partial charge in [0.15, 0.2) is 0 Å². The molecular weight excluding hydrogens is 1330 g/mol. The predicted molar refractivity (Wildman–Crippen MR) is 356 cm³/mol. The number of aliphatic carboxylic acids is 2. The van der Waals surface area contributed by atoms with Crippen LogP contribution in [0.5, 0.6) is 0 Å². The van der Waals surface area contributed by atoms with E-state index in [9.17, 15) is 24.0 Å². The molecule has 5 heterocycles. The van der Waals surface area contributed by atoms with Crippen LogP contribution in [0.3, 0.4) is 0 Å². The normalized spacial score (nSPS) is 9.64.